The number of fused-ring (bicyclic) bond motifs is 13. The molecule has 2 heterocycles. The number of para-hydroxylation sites is 3. The Balaban J connectivity index is 1.17. The van der Waals surface area contributed by atoms with Crippen LogP contribution in [0.15, 0.2) is 182 Å². The lowest BCUT2D eigenvalue weighted by molar-refractivity contribution is 1.18. The van der Waals surface area contributed by atoms with Gasteiger partial charge in [0.05, 0.1) is 22.2 Å². The highest BCUT2D eigenvalue weighted by molar-refractivity contribution is 6.30. The van der Waals surface area contributed by atoms with Crippen molar-refractivity contribution >= 4 is 75.8 Å². The number of pyridine rings is 1. The van der Waals surface area contributed by atoms with Crippen LogP contribution >= 0.6 is 0 Å². The van der Waals surface area contributed by atoms with Crippen LogP contribution in [0.1, 0.15) is 0 Å². The molecule has 2 aromatic heterocycles. The van der Waals surface area contributed by atoms with Crippen LogP contribution in [0.4, 0.5) is 0 Å². The van der Waals surface area contributed by atoms with Gasteiger partial charge in [-0.25, -0.2) is 4.98 Å². The molecule has 0 saturated carbocycles. The normalized spacial score (nSPS) is 11.9. The fourth-order valence-electron chi connectivity index (χ4n) is 8.51. The van der Waals surface area contributed by atoms with E-state index < -0.39 is 0 Å². The predicted octanol–water partition coefficient (Wildman–Crippen LogP) is 13.3. The molecule has 0 spiro atoms. The SMILES string of the molecule is c1ccc(-n2c3ccccc3c3c4c(ccc32)c(-c2cccc(-c3ccc5c6ccccc6c6ccccc6c5c3)c2)nc2ccccc24)cc1. The lowest BCUT2D eigenvalue weighted by Crippen LogP contribution is -1.94. The summed E-state index contributed by atoms with van der Waals surface area (Å²) in [5.41, 5.74) is 9.04. The summed E-state index contributed by atoms with van der Waals surface area (Å²) in [5, 5.41) is 13.8. The molecule has 0 aliphatic heterocycles. The van der Waals surface area contributed by atoms with Gasteiger partial charge in [-0.2, -0.15) is 0 Å². The van der Waals surface area contributed by atoms with Gasteiger partial charge in [-0.1, -0.05) is 140 Å². The van der Waals surface area contributed by atoms with Crippen molar-refractivity contribution in [3.8, 4) is 28.1 Å². The number of hydrogen-bond acceptors (Lipinski definition) is 1. The summed E-state index contributed by atoms with van der Waals surface area (Å²) in [6, 6.07) is 66.1. The van der Waals surface area contributed by atoms with Gasteiger partial charge < -0.3 is 4.57 Å². The molecule has 11 rings (SSSR count). The van der Waals surface area contributed by atoms with Gasteiger partial charge in [0.1, 0.15) is 0 Å². The Morgan fingerprint density at radius 3 is 1.65 bits per heavy atom. The Kier molecular flexibility index (Phi) is 5.99. The van der Waals surface area contributed by atoms with Crippen molar-refractivity contribution in [2.75, 3.05) is 0 Å². The molecular formula is C49H30N2. The smallest absolute Gasteiger partial charge is 0.0788 e. The average Bonchev–Trinajstić information content (AvgIpc) is 3.55. The molecule has 0 unspecified atom stereocenters. The lowest BCUT2D eigenvalue weighted by Gasteiger charge is -2.14. The van der Waals surface area contributed by atoms with Crippen LogP contribution in [0.3, 0.4) is 0 Å². The van der Waals surface area contributed by atoms with Crippen molar-refractivity contribution in [1.29, 1.82) is 0 Å². The molecule has 2 nitrogen and oxygen atoms in total. The van der Waals surface area contributed by atoms with Gasteiger partial charge >= 0.3 is 0 Å². The van der Waals surface area contributed by atoms with Gasteiger partial charge in [0, 0.05) is 38.2 Å². The van der Waals surface area contributed by atoms with Crippen molar-refractivity contribution in [2.24, 2.45) is 0 Å². The number of benzene rings is 9. The van der Waals surface area contributed by atoms with Gasteiger partial charge in [0.2, 0.25) is 0 Å². The maximum absolute atomic E-state index is 5.38. The largest absolute Gasteiger partial charge is 0.309 e. The number of rotatable bonds is 3. The average molecular weight is 647 g/mol. The van der Waals surface area contributed by atoms with E-state index in [0.717, 1.165) is 27.8 Å². The van der Waals surface area contributed by atoms with Crippen LogP contribution in [0, 0.1) is 0 Å². The van der Waals surface area contributed by atoms with Crippen LogP contribution in [-0.4, -0.2) is 9.55 Å². The van der Waals surface area contributed by atoms with E-state index in [0.29, 0.717) is 0 Å². The molecule has 0 radical (unpaired) electrons. The van der Waals surface area contributed by atoms with Crippen LogP contribution in [0.25, 0.3) is 104 Å². The van der Waals surface area contributed by atoms with E-state index in [-0.39, 0.29) is 0 Å². The topological polar surface area (TPSA) is 17.8 Å². The van der Waals surface area contributed by atoms with Crippen molar-refractivity contribution in [3.63, 3.8) is 0 Å². The summed E-state index contributed by atoms with van der Waals surface area (Å²) in [5.74, 6) is 0. The Bertz CT molecular complexity index is 3150. The zero-order chi connectivity index (χ0) is 33.5. The van der Waals surface area contributed by atoms with Gasteiger partial charge in [0.25, 0.3) is 0 Å². The summed E-state index contributed by atoms with van der Waals surface area (Å²) in [4.78, 5) is 5.38. The molecule has 0 amide bonds. The third kappa shape index (κ3) is 4.14. The summed E-state index contributed by atoms with van der Waals surface area (Å²) in [7, 11) is 0. The van der Waals surface area contributed by atoms with Crippen LogP contribution in [0.2, 0.25) is 0 Å². The Labute approximate surface area is 294 Å². The fourth-order valence-corrected chi connectivity index (χ4v) is 8.51. The Hall–Kier alpha value is -6.77. The van der Waals surface area contributed by atoms with Gasteiger partial charge in [-0.05, 0) is 85.9 Å². The summed E-state index contributed by atoms with van der Waals surface area (Å²) < 4.78 is 2.40. The molecule has 0 aliphatic rings. The third-order valence-electron chi connectivity index (χ3n) is 10.7. The number of hydrogen-bond donors (Lipinski definition) is 0. The standard InChI is InChI=1S/C49H30N2/c1-2-15-34(16-3-1)51-45-24-11-9-22-41(45)48-46(51)28-27-42-47(48)40-21-8-10-23-44(40)50-49(42)33-14-12-13-31(29-33)32-25-26-39-37-19-5-4-17-35(37)36-18-6-7-20-38(36)43(39)30-32/h1-30H. The first-order chi connectivity index (χ1) is 25.3. The second kappa shape index (κ2) is 10.9. The van der Waals surface area contributed by atoms with Crippen molar-refractivity contribution < 1.29 is 0 Å². The summed E-state index contributed by atoms with van der Waals surface area (Å²) >= 11 is 0. The molecule has 51 heavy (non-hydrogen) atoms. The van der Waals surface area contributed by atoms with Gasteiger partial charge in [-0.15, -0.1) is 0 Å². The Morgan fingerprint density at radius 2 is 0.882 bits per heavy atom. The van der Waals surface area contributed by atoms with E-state index in [1.54, 1.807) is 0 Å². The van der Waals surface area contributed by atoms with E-state index in [4.69, 9.17) is 4.98 Å². The van der Waals surface area contributed by atoms with Crippen molar-refractivity contribution in [1.82, 2.24) is 9.55 Å². The minimum Gasteiger partial charge on any atom is -0.309 e. The molecule has 11 aromatic rings. The van der Waals surface area contributed by atoms with Crippen molar-refractivity contribution in [3.05, 3.63) is 182 Å². The quantitative estimate of drug-likeness (QED) is 0.175. The zero-order valence-corrected chi connectivity index (χ0v) is 27.7. The minimum absolute atomic E-state index is 0.999. The highest BCUT2D eigenvalue weighted by atomic mass is 15.0. The molecule has 0 saturated heterocycles. The second-order valence-corrected chi connectivity index (χ2v) is 13.5. The predicted molar refractivity (Wildman–Crippen MR) is 217 cm³/mol. The first-order valence-electron chi connectivity index (χ1n) is 17.6. The molecule has 9 aromatic carbocycles. The fraction of sp³-hybridized carbons (Fsp3) is 0. The second-order valence-electron chi connectivity index (χ2n) is 13.5. The molecule has 0 fully saturated rings. The molecular weight excluding hydrogens is 617 g/mol. The highest BCUT2D eigenvalue weighted by Gasteiger charge is 2.19. The molecule has 0 aliphatic carbocycles. The molecule has 0 atom stereocenters. The molecule has 0 N–H and O–H groups in total. The van der Waals surface area contributed by atoms with E-state index >= 15 is 0 Å². The Morgan fingerprint density at radius 1 is 0.314 bits per heavy atom. The summed E-state index contributed by atoms with van der Waals surface area (Å²) in [6.07, 6.45) is 0. The minimum atomic E-state index is 0.999. The van der Waals surface area contributed by atoms with Crippen molar-refractivity contribution in [2.45, 2.75) is 0 Å². The zero-order valence-electron chi connectivity index (χ0n) is 27.7. The van der Waals surface area contributed by atoms with Gasteiger partial charge in [0.15, 0.2) is 0 Å². The van der Waals surface area contributed by atoms with E-state index in [9.17, 15) is 0 Å². The van der Waals surface area contributed by atoms with E-state index in [2.05, 4.69) is 187 Å². The number of aromatic nitrogens is 2. The third-order valence-corrected chi connectivity index (χ3v) is 10.7. The number of nitrogens with zero attached hydrogens (tertiary/aromatic N) is 2. The maximum atomic E-state index is 5.38. The van der Waals surface area contributed by atoms with E-state index in [1.807, 2.05) is 0 Å². The summed E-state index contributed by atoms with van der Waals surface area (Å²) in [6.45, 7) is 0. The lowest BCUT2D eigenvalue weighted by atomic mass is 9.91. The molecule has 2 heteroatoms. The van der Waals surface area contributed by atoms with Crippen LogP contribution in [0.5, 0.6) is 0 Å². The first-order valence-corrected chi connectivity index (χ1v) is 17.6. The maximum Gasteiger partial charge on any atom is 0.0788 e. The van der Waals surface area contributed by atoms with Crippen LogP contribution < -0.4 is 0 Å². The monoisotopic (exact) mass is 646 g/mol. The highest BCUT2D eigenvalue weighted by Crippen LogP contribution is 2.43. The molecule has 0 bridgehead atoms. The molecule has 236 valence electrons. The van der Waals surface area contributed by atoms with Gasteiger partial charge in [-0.3, -0.25) is 0 Å². The first kappa shape index (κ1) is 28.1. The van der Waals surface area contributed by atoms with Crippen LogP contribution in [-0.2, 0) is 0 Å². The van der Waals surface area contributed by atoms with E-state index in [1.165, 1.54) is 76.0 Å².